The Kier molecular flexibility index (Phi) is 6.10. The van der Waals surface area contributed by atoms with Crippen LogP contribution in [0.15, 0.2) is 47.2 Å². The second kappa shape index (κ2) is 8.50. The summed E-state index contributed by atoms with van der Waals surface area (Å²) in [4.78, 5) is 16.6. The average molecular weight is 358 g/mol. The predicted molar refractivity (Wildman–Crippen MR) is 104 cm³/mol. The van der Waals surface area contributed by atoms with Gasteiger partial charge in [0, 0.05) is 31.6 Å². The second-order valence-electron chi connectivity index (χ2n) is 6.90. The smallest absolute Gasteiger partial charge is 0.317 e. The van der Waals surface area contributed by atoms with E-state index in [4.69, 9.17) is 0 Å². The minimum Gasteiger partial charge on any atom is -0.338 e. The van der Waals surface area contributed by atoms with Gasteiger partial charge >= 0.3 is 6.03 Å². The van der Waals surface area contributed by atoms with Gasteiger partial charge in [0.2, 0.25) is 0 Å². The number of carbonyl (C=O) groups excluding carboxylic acids is 1. The summed E-state index contributed by atoms with van der Waals surface area (Å²) in [5.74, 6) is 0.465. The summed E-state index contributed by atoms with van der Waals surface area (Å²) in [7, 11) is 4.18. The fraction of sp³-hybridized carbons (Fsp3) is 0.450. The van der Waals surface area contributed by atoms with Crippen LogP contribution in [0.25, 0.3) is 0 Å². The number of thiophene rings is 1. The molecule has 4 nitrogen and oxygen atoms in total. The molecule has 1 aromatic heterocycles. The predicted octanol–water partition coefficient (Wildman–Crippen LogP) is 3.94. The Morgan fingerprint density at radius 1 is 1.32 bits per heavy atom. The Morgan fingerprint density at radius 2 is 2.12 bits per heavy atom. The molecule has 25 heavy (non-hydrogen) atoms. The van der Waals surface area contributed by atoms with Crippen molar-refractivity contribution in [2.24, 2.45) is 0 Å². The van der Waals surface area contributed by atoms with Crippen LogP contribution in [0, 0.1) is 0 Å². The quantitative estimate of drug-likeness (QED) is 0.850. The molecule has 0 bridgehead atoms. The van der Waals surface area contributed by atoms with Gasteiger partial charge in [-0.25, -0.2) is 4.79 Å². The SMILES string of the molecule is CN(C)[C@H](CCNC(=O)N1CC[C@H](c2ccccc2)C1)c1ccsc1. The number of hydrogen-bond donors (Lipinski definition) is 1. The third-order valence-corrected chi connectivity index (χ3v) is 5.69. The molecule has 1 aromatic carbocycles. The van der Waals surface area contributed by atoms with E-state index >= 15 is 0 Å². The highest BCUT2D eigenvalue weighted by Gasteiger charge is 2.27. The minimum atomic E-state index is 0.0706. The van der Waals surface area contributed by atoms with E-state index in [2.05, 4.69) is 65.4 Å². The number of benzene rings is 1. The zero-order valence-electron chi connectivity index (χ0n) is 15.0. The molecule has 0 unspecified atom stereocenters. The number of rotatable bonds is 6. The molecule has 1 aliphatic rings. The normalized spacial score (nSPS) is 18.5. The maximum absolute atomic E-state index is 12.5. The van der Waals surface area contributed by atoms with Crippen molar-refractivity contribution in [3.05, 3.63) is 58.3 Å². The monoisotopic (exact) mass is 357 g/mol. The van der Waals surface area contributed by atoms with E-state index in [9.17, 15) is 4.79 Å². The number of nitrogens with zero attached hydrogens (tertiary/aromatic N) is 2. The van der Waals surface area contributed by atoms with E-state index in [1.807, 2.05) is 11.0 Å². The number of hydrogen-bond acceptors (Lipinski definition) is 3. The molecular weight excluding hydrogens is 330 g/mol. The minimum absolute atomic E-state index is 0.0706. The molecule has 0 aliphatic carbocycles. The van der Waals surface area contributed by atoms with Crippen LogP contribution in [-0.4, -0.2) is 49.6 Å². The molecule has 2 atom stereocenters. The van der Waals surface area contributed by atoms with Gasteiger partial charge < -0.3 is 15.1 Å². The summed E-state index contributed by atoms with van der Waals surface area (Å²) in [6.07, 6.45) is 1.97. The van der Waals surface area contributed by atoms with Crippen LogP contribution >= 0.6 is 11.3 Å². The van der Waals surface area contributed by atoms with Crippen molar-refractivity contribution < 1.29 is 4.79 Å². The van der Waals surface area contributed by atoms with Crippen LogP contribution in [0.1, 0.15) is 35.9 Å². The van der Waals surface area contributed by atoms with Crippen molar-refractivity contribution in [1.29, 1.82) is 0 Å². The molecule has 2 amide bonds. The lowest BCUT2D eigenvalue weighted by Gasteiger charge is -2.24. The van der Waals surface area contributed by atoms with E-state index in [1.165, 1.54) is 11.1 Å². The van der Waals surface area contributed by atoms with E-state index in [1.54, 1.807) is 11.3 Å². The molecule has 2 aromatic rings. The Bertz CT molecular complexity index is 657. The zero-order valence-corrected chi connectivity index (χ0v) is 15.8. The maximum atomic E-state index is 12.5. The lowest BCUT2D eigenvalue weighted by molar-refractivity contribution is 0.205. The number of likely N-dealkylation sites (tertiary alicyclic amines) is 1. The molecule has 1 saturated heterocycles. The van der Waals surface area contributed by atoms with Crippen molar-refractivity contribution in [1.82, 2.24) is 15.1 Å². The van der Waals surface area contributed by atoms with Gasteiger partial charge in [-0.15, -0.1) is 0 Å². The first-order chi connectivity index (χ1) is 12.1. The summed E-state index contributed by atoms with van der Waals surface area (Å²) in [6, 6.07) is 13.1. The molecule has 0 spiro atoms. The van der Waals surface area contributed by atoms with Crippen LogP contribution in [0.3, 0.4) is 0 Å². The molecule has 0 saturated carbocycles. The molecule has 0 radical (unpaired) electrons. The van der Waals surface area contributed by atoms with Crippen molar-refractivity contribution in [2.45, 2.75) is 24.8 Å². The molecular formula is C20H27N3OS. The highest BCUT2D eigenvalue weighted by molar-refractivity contribution is 7.07. The van der Waals surface area contributed by atoms with Crippen LogP contribution in [0.4, 0.5) is 4.79 Å². The number of urea groups is 1. The van der Waals surface area contributed by atoms with Gasteiger partial charge in [0.1, 0.15) is 0 Å². The fourth-order valence-electron chi connectivity index (χ4n) is 3.56. The third kappa shape index (κ3) is 4.61. The van der Waals surface area contributed by atoms with Gasteiger partial charge in [0.25, 0.3) is 0 Å². The van der Waals surface area contributed by atoms with Crippen LogP contribution in [-0.2, 0) is 0 Å². The Morgan fingerprint density at radius 3 is 2.80 bits per heavy atom. The summed E-state index contributed by atoms with van der Waals surface area (Å²) >= 11 is 1.72. The van der Waals surface area contributed by atoms with Gasteiger partial charge in [-0.3, -0.25) is 0 Å². The Labute approximate surface area is 154 Å². The van der Waals surface area contributed by atoms with Gasteiger partial charge in [0.05, 0.1) is 0 Å². The lowest BCUT2D eigenvalue weighted by atomic mass is 9.99. The van der Waals surface area contributed by atoms with Crippen LogP contribution in [0.5, 0.6) is 0 Å². The molecule has 5 heteroatoms. The van der Waals surface area contributed by atoms with Crippen molar-refractivity contribution >= 4 is 17.4 Å². The second-order valence-corrected chi connectivity index (χ2v) is 7.68. The van der Waals surface area contributed by atoms with Gasteiger partial charge in [-0.1, -0.05) is 30.3 Å². The lowest BCUT2D eigenvalue weighted by Crippen LogP contribution is -2.39. The molecule has 1 aliphatic heterocycles. The first kappa shape index (κ1) is 18.0. The van der Waals surface area contributed by atoms with Crippen LogP contribution < -0.4 is 5.32 Å². The summed E-state index contributed by atoms with van der Waals surface area (Å²) in [5, 5.41) is 7.41. The Hall–Kier alpha value is -1.85. The summed E-state index contributed by atoms with van der Waals surface area (Å²) in [6.45, 7) is 2.36. The number of amides is 2. The van der Waals surface area contributed by atoms with Gasteiger partial charge in [-0.05, 0) is 54.9 Å². The van der Waals surface area contributed by atoms with E-state index < -0.39 is 0 Å². The number of carbonyl (C=O) groups is 1. The molecule has 2 heterocycles. The highest BCUT2D eigenvalue weighted by Crippen LogP contribution is 2.27. The molecule has 1 N–H and O–H groups in total. The maximum Gasteiger partial charge on any atom is 0.317 e. The van der Waals surface area contributed by atoms with E-state index in [0.29, 0.717) is 18.5 Å². The largest absolute Gasteiger partial charge is 0.338 e. The molecule has 1 fully saturated rings. The van der Waals surface area contributed by atoms with Crippen molar-refractivity contribution in [2.75, 3.05) is 33.7 Å². The fourth-order valence-corrected chi connectivity index (χ4v) is 4.26. The first-order valence-corrected chi connectivity index (χ1v) is 9.85. The first-order valence-electron chi connectivity index (χ1n) is 8.91. The van der Waals surface area contributed by atoms with Crippen molar-refractivity contribution in [3.8, 4) is 0 Å². The highest BCUT2D eigenvalue weighted by atomic mass is 32.1. The molecule has 134 valence electrons. The number of nitrogens with one attached hydrogen (secondary N) is 1. The van der Waals surface area contributed by atoms with E-state index in [-0.39, 0.29) is 6.03 Å². The van der Waals surface area contributed by atoms with Gasteiger partial charge in [0.15, 0.2) is 0 Å². The van der Waals surface area contributed by atoms with E-state index in [0.717, 1.165) is 25.9 Å². The summed E-state index contributed by atoms with van der Waals surface area (Å²) in [5.41, 5.74) is 2.66. The zero-order chi connectivity index (χ0) is 17.6. The van der Waals surface area contributed by atoms with Gasteiger partial charge in [-0.2, -0.15) is 11.3 Å². The average Bonchev–Trinajstić information content (AvgIpc) is 3.30. The van der Waals surface area contributed by atoms with Crippen LogP contribution in [0.2, 0.25) is 0 Å². The third-order valence-electron chi connectivity index (χ3n) is 4.99. The topological polar surface area (TPSA) is 35.6 Å². The Balaban J connectivity index is 1.47. The summed E-state index contributed by atoms with van der Waals surface area (Å²) < 4.78 is 0. The molecule has 3 rings (SSSR count). The van der Waals surface area contributed by atoms with Crippen molar-refractivity contribution in [3.63, 3.8) is 0 Å². The standard InChI is InChI=1S/C20H27N3OS/c1-22(2)19(18-10-13-25-15-18)8-11-21-20(24)23-12-9-17(14-23)16-6-4-3-5-7-16/h3-7,10,13,15,17,19H,8-9,11-12,14H2,1-2H3,(H,21,24)/t17-,19+/m0/s1.